The predicted octanol–water partition coefficient (Wildman–Crippen LogP) is 3.65. The first-order valence-corrected chi connectivity index (χ1v) is 12.7. The quantitative estimate of drug-likeness (QED) is 0.732. The predicted molar refractivity (Wildman–Crippen MR) is 114 cm³/mol. The van der Waals surface area contributed by atoms with Gasteiger partial charge in [-0.2, -0.15) is 9.57 Å². The van der Waals surface area contributed by atoms with Gasteiger partial charge in [0, 0.05) is 26.2 Å². The molecule has 0 radical (unpaired) electrons. The van der Waals surface area contributed by atoms with Crippen LogP contribution in [-0.2, 0) is 14.8 Å². The summed E-state index contributed by atoms with van der Waals surface area (Å²) in [6, 6.07) is 9.67. The van der Waals surface area contributed by atoms with Gasteiger partial charge in [-0.15, -0.1) is 0 Å². The van der Waals surface area contributed by atoms with Crippen molar-refractivity contribution in [1.82, 2.24) is 9.21 Å². The molecule has 0 N–H and O–H groups in total. The number of carbonyl (C=O) groups is 1. The van der Waals surface area contributed by atoms with Crippen LogP contribution in [0, 0.1) is 16.7 Å². The maximum atomic E-state index is 13.1. The summed E-state index contributed by atoms with van der Waals surface area (Å²) in [5.74, 6) is 0.435. The highest BCUT2D eigenvalue weighted by atomic mass is 32.2. The van der Waals surface area contributed by atoms with Gasteiger partial charge in [0.1, 0.15) is 5.41 Å². The van der Waals surface area contributed by atoms with Crippen molar-refractivity contribution in [3.63, 3.8) is 0 Å². The molecule has 2 saturated carbocycles. The minimum atomic E-state index is -3.57. The molecule has 7 heteroatoms. The fraction of sp³-hybridized carbons (Fsp3) is 0.652. The van der Waals surface area contributed by atoms with Gasteiger partial charge in [-0.3, -0.25) is 4.79 Å². The molecule has 0 aromatic heterocycles. The van der Waals surface area contributed by atoms with Crippen molar-refractivity contribution < 1.29 is 13.2 Å². The second-order valence-corrected chi connectivity index (χ2v) is 10.9. The molecular formula is C23H31N3O3S. The van der Waals surface area contributed by atoms with Crippen molar-refractivity contribution in [2.24, 2.45) is 5.41 Å². The normalized spacial score (nSPS) is 23.2. The topological polar surface area (TPSA) is 81.5 Å². The lowest BCUT2D eigenvalue weighted by Gasteiger charge is -2.37. The smallest absolute Gasteiger partial charge is 0.243 e. The summed E-state index contributed by atoms with van der Waals surface area (Å²) in [5, 5.41) is 9.56. The fourth-order valence-electron chi connectivity index (χ4n) is 5.28. The number of benzene rings is 1. The van der Waals surface area contributed by atoms with E-state index in [0.717, 1.165) is 12.8 Å². The lowest BCUT2D eigenvalue weighted by atomic mass is 9.84. The molecule has 0 unspecified atom stereocenters. The Morgan fingerprint density at radius 1 is 0.933 bits per heavy atom. The molecule has 0 spiro atoms. The van der Waals surface area contributed by atoms with E-state index in [1.54, 1.807) is 17.0 Å². The number of hydrogen-bond acceptors (Lipinski definition) is 4. The van der Waals surface area contributed by atoms with Crippen LogP contribution < -0.4 is 0 Å². The summed E-state index contributed by atoms with van der Waals surface area (Å²) in [6.45, 7) is 1.25. The van der Waals surface area contributed by atoms with Gasteiger partial charge < -0.3 is 4.90 Å². The van der Waals surface area contributed by atoms with Crippen molar-refractivity contribution in [1.29, 1.82) is 5.26 Å². The number of nitrogens with zero attached hydrogens (tertiary/aromatic N) is 3. The first-order chi connectivity index (χ1) is 14.5. The zero-order chi connectivity index (χ0) is 21.2. The van der Waals surface area contributed by atoms with Crippen LogP contribution in [-0.4, -0.2) is 49.7 Å². The number of rotatable bonds is 4. The van der Waals surface area contributed by atoms with Crippen LogP contribution in [0.15, 0.2) is 29.2 Å². The van der Waals surface area contributed by atoms with E-state index < -0.39 is 15.4 Å². The van der Waals surface area contributed by atoms with E-state index in [2.05, 4.69) is 6.07 Å². The molecule has 3 aliphatic rings. The van der Waals surface area contributed by atoms with Crippen LogP contribution in [0.25, 0.3) is 0 Å². The van der Waals surface area contributed by atoms with Crippen LogP contribution in [0.4, 0.5) is 0 Å². The highest BCUT2D eigenvalue weighted by Gasteiger charge is 2.45. The lowest BCUT2D eigenvalue weighted by molar-refractivity contribution is -0.140. The van der Waals surface area contributed by atoms with Crippen molar-refractivity contribution >= 4 is 15.9 Å². The third-order valence-corrected chi connectivity index (χ3v) is 9.11. The van der Waals surface area contributed by atoms with Gasteiger partial charge in [-0.25, -0.2) is 8.42 Å². The van der Waals surface area contributed by atoms with E-state index in [0.29, 0.717) is 36.7 Å². The monoisotopic (exact) mass is 429 g/mol. The minimum Gasteiger partial charge on any atom is -0.339 e. The zero-order valence-electron chi connectivity index (χ0n) is 17.6. The molecule has 1 aromatic rings. The summed E-state index contributed by atoms with van der Waals surface area (Å²) in [4.78, 5) is 14.9. The average molecular weight is 430 g/mol. The van der Waals surface area contributed by atoms with Gasteiger partial charge in [0.15, 0.2) is 0 Å². The summed E-state index contributed by atoms with van der Waals surface area (Å²) in [5.41, 5.74) is 0.345. The van der Waals surface area contributed by atoms with Gasteiger partial charge in [0.25, 0.3) is 0 Å². The Morgan fingerprint density at radius 2 is 1.53 bits per heavy atom. The van der Waals surface area contributed by atoms with Gasteiger partial charge in [-0.05, 0) is 49.3 Å². The van der Waals surface area contributed by atoms with Crippen LogP contribution >= 0.6 is 0 Å². The number of carbonyl (C=O) groups excluding carboxylic acids is 1. The molecule has 4 rings (SSSR count). The Labute approximate surface area is 179 Å². The van der Waals surface area contributed by atoms with Gasteiger partial charge in [0.05, 0.1) is 11.0 Å². The molecule has 1 amide bonds. The lowest BCUT2D eigenvalue weighted by Crippen LogP contribution is -2.53. The summed E-state index contributed by atoms with van der Waals surface area (Å²) >= 11 is 0. The van der Waals surface area contributed by atoms with Crippen molar-refractivity contribution in [2.75, 3.05) is 26.2 Å². The average Bonchev–Trinajstić information content (AvgIpc) is 3.30. The Balaban J connectivity index is 1.40. The van der Waals surface area contributed by atoms with E-state index in [9.17, 15) is 18.5 Å². The van der Waals surface area contributed by atoms with Crippen molar-refractivity contribution in [2.45, 2.75) is 68.6 Å². The second-order valence-electron chi connectivity index (χ2n) is 9.00. The minimum absolute atomic E-state index is 0.114. The largest absolute Gasteiger partial charge is 0.339 e. The summed E-state index contributed by atoms with van der Waals surface area (Å²) < 4.78 is 27.7. The van der Waals surface area contributed by atoms with Gasteiger partial charge in [-0.1, -0.05) is 44.2 Å². The highest BCUT2D eigenvalue weighted by Crippen LogP contribution is 2.39. The molecule has 1 heterocycles. The maximum absolute atomic E-state index is 13.1. The molecule has 6 nitrogen and oxygen atoms in total. The van der Waals surface area contributed by atoms with E-state index in [-0.39, 0.29) is 19.0 Å². The molecule has 2 aliphatic carbocycles. The van der Waals surface area contributed by atoms with Crippen LogP contribution in [0.3, 0.4) is 0 Å². The number of piperazine rings is 1. The molecule has 3 fully saturated rings. The van der Waals surface area contributed by atoms with Crippen LogP contribution in [0.1, 0.15) is 69.3 Å². The van der Waals surface area contributed by atoms with Gasteiger partial charge >= 0.3 is 0 Å². The molecule has 0 bridgehead atoms. The van der Waals surface area contributed by atoms with Crippen LogP contribution in [0.5, 0.6) is 0 Å². The number of nitriles is 1. The first-order valence-electron chi connectivity index (χ1n) is 11.3. The third kappa shape index (κ3) is 4.00. The van der Waals surface area contributed by atoms with Gasteiger partial charge in [0.2, 0.25) is 15.9 Å². The summed E-state index contributed by atoms with van der Waals surface area (Å²) in [7, 11) is -3.57. The van der Waals surface area contributed by atoms with E-state index in [1.165, 1.54) is 42.0 Å². The molecule has 1 saturated heterocycles. The third-order valence-electron chi connectivity index (χ3n) is 7.20. The number of sulfonamides is 1. The molecule has 30 heavy (non-hydrogen) atoms. The molecule has 1 aromatic carbocycles. The van der Waals surface area contributed by atoms with E-state index >= 15 is 0 Å². The number of hydrogen-bond donors (Lipinski definition) is 0. The zero-order valence-corrected chi connectivity index (χ0v) is 18.4. The van der Waals surface area contributed by atoms with Crippen molar-refractivity contribution in [3.8, 4) is 6.07 Å². The van der Waals surface area contributed by atoms with E-state index in [1.807, 2.05) is 12.1 Å². The van der Waals surface area contributed by atoms with Crippen molar-refractivity contribution in [3.05, 3.63) is 29.8 Å². The second kappa shape index (κ2) is 8.68. The molecule has 0 atom stereocenters. The SMILES string of the molecule is N#CC1(C(=O)N2CCN(S(=O)(=O)c3ccc(C4CCCCC4)cc3)CC2)CCCC1. The highest BCUT2D eigenvalue weighted by molar-refractivity contribution is 7.89. The van der Waals surface area contributed by atoms with E-state index in [4.69, 9.17) is 0 Å². The number of amides is 1. The Morgan fingerprint density at radius 3 is 2.10 bits per heavy atom. The first kappa shape index (κ1) is 21.3. The Kier molecular flexibility index (Phi) is 6.17. The standard InChI is InChI=1S/C23H31N3O3S/c24-18-23(12-4-5-13-23)22(27)25-14-16-26(17-15-25)30(28,29)21-10-8-20(9-11-21)19-6-2-1-3-7-19/h8-11,19H,1-7,12-17H2. The maximum Gasteiger partial charge on any atom is 0.243 e. The summed E-state index contributed by atoms with van der Waals surface area (Å²) in [6.07, 6.45) is 9.23. The Hall–Kier alpha value is -1.91. The fourth-order valence-corrected chi connectivity index (χ4v) is 6.71. The molecule has 162 valence electrons. The Bertz CT molecular complexity index is 900. The van der Waals surface area contributed by atoms with Crippen LogP contribution in [0.2, 0.25) is 0 Å². The molecular weight excluding hydrogens is 398 g/mol. The molecule has 1 aliphatic heterocycles.